The average Bonchev–Trinajstić information content (AvgIpc) is 2.74. The minimum Gasteiger partial charge on any atom is -0.375 e. The average molecular weight is 394 g/mol. The third-order valence-electron chi connectivity index (χ3n) is 4.83. The maximum Gasteiger partial charge on any atom is 0.0966 e. The van der Waals surface area contributed by atoms with Crippen LogP contribution in [-0.4, -0.2) is 22.9 Å². The summed E-state index contributed by atoms with van der Waals surface area (Å²) >= 11 is 0. The molecular formula is C26H35NO2. The number of hydroxylamine groups is 2. The number of hydrogen-bond donors (Lipinski definition) is 1. The fourth-order valence-electron chi connectivity index (χ4n) is 3.22. The van der Waals surface area contributed by atoms with E-state index in [-0.39, 0.29) is 12.1 Å². The number of hydrogen-bond acceptors (Lipinski definition) is 3. The maximum absolute atomic E-state index is 11.2. The van der Waals surface area contributed by atoms with E-state index >= 15 is 0 Å². The van der Waals surface area contributed by atoms with Crippen molar-refractivity contribution in [3.8, 4) is 11.8 Å². The second-order valence-electron chi connectivity index (χ2n) is 7.88. The molecule has 0 bridgehead atoms. The monoisotopic (exact) mass is 393 g/mol. The summed E-state index contributed by atoms with van der Waals surface area (Å²) in [5.41, 5.74) is 2.16. The van der Waals surface area contributed by atoms with Crippen LogP contribution in [0, 0.1) is 17.8 Å². The molecule has 29 heavy (non-hydrogen) atoms. The Morgan fingerprint density at radius 1 is 1.00 bits per heavy atom. The number of rotatable bonds is 11. The van der Waals surface area contributed by atoms with Crippen LogP contribution in [0.3, 0.4) is 0 Å². The van der Waals surface area contributed by atoms with Crippen molar-refractivity contribution in [2.75, 3.05) is 6.61 Å². The Labute approximate surface area is 176 Å². The number of nitrogens with zero attached hydrogens (tertiary/aromatic N) is 1. The fourth-order valence-corrected chi connectivity index (χ4v) is 3.22. The molecular weight excluding hydrogens is 358 g/mol. The van der Waals surface area contributed by atoms with Crippen molar-refractivity contribution < 1.29 is 9.94 Å². The van der Waals surface area contributed by atoms with E-state index in [0.717, 1.165) is 36.8 Å². The van der Waals surface area contributed by atoms with Crippen LogP contribution in [0.1, 0.15) is 63.6 Å². The van der Waals surface area contributed by atoms with Gasteiger partial charge in [0.1, 0.15) is 0 Å². The molecule has 0 heterocycles. The molecule has 0 saturated heterocycles. The Morgan fingerprint density at radius 3 is 2.28 bits per heavy atom. The summed E-state index contributed by atoms with van der Waals surface area (Å²) in [4.78, 5) is 0. The molecule has 0 amide bonds. The second-order valence-corrected chi connectivity index (χ2v) is 7.88. The van der Waals surface area contributed by atoms with Gasteiger partial charge >= 0.3 is 0 Å². The summed E-state index contributed by atoms with van der Waals surface area (Å²) in [5.74, 6) is 7.02. The van der Waals surface area contributed by atoms with Crippen molar-refractivity contribution in [2.24, 2.45) is 5.92 Å². The van der Waals surface area contributed by atoms with Gasteiger partial charge in [0.25, 0.3) is 0 Å². The van der Waals surface area contributed by atoms with Crippen molar-refractivity contribution >= 4 is 0 Å². The molecule has 156 valence electrons. The molecule has 1 N–H and O–H groups in total. The van der Waals surface area contributed by atoms with E-state index in [4.69, 9.17) is 4.74 Å². The highest BCUT2D eigenvalue weighted by atomic mass is 16.5. The first kappa shape index (κ1) is 23.2. The highest BCUT2D eigenvalue weighted by Crippen LogP contribution is 2.24. The molecule has 0 aromatic heterocycles. The summed E-state index contributed by atoms with van der Waals surface area (Å²) < 4.78 is 6.01. The van der Waals surface area contributed by atoms with Gasteiger partial charge < -0.3 is 9.94 Å². The second kappa shape index (κ2) is 13.2. The molecule has 2 rings (SSSR count). The maximum atomic E-state index is 11.2. The Kier molecular flexibility index (Phi) is 10.5. The van der Waals surface area contributed by atoms with Crippen LogP contribution in [0.25, 0.3) is 0 Å². The van der Waals surface area contributed by atoms with Crippen LogP contribution in [0.4, 0.5) is 0 Å². The van der Waals surface area contributed by atoms with E-state index < -0.39 is 0 Å². The van der Waals surface area contributed by atoms with E-state index in [1.807, 2.05) is 48.5 Å². The molecule has 0 fully saturated rings. The lowest BCUT2D eigenvalue weighted by atomic mass is 10.00. The van der Waals surface area contributed by atoms with Gasteiger partial charge in [-0.1, -0.05) is 93.8 Å². The predicted octanol–water partition coefficient (Wildman–Crippen LogP) is 6.24. The van der Waals surface area contributed by atoms with Crippen LogP contribution in [-0.2, 0) is 11.3 Å². The highest BCUT2D eigenvalue weighted by molar-refractivity contribution is 5.20. The van der Waals surface area contributed by atoms with Gasteiger partial charge in [0.2, 0.25) is 0 Å². The zero-order valence-electron chi connectivity index (χ0n) is 18.1. The number of ether oxygens (including phenoxy) is 1. The van der Waals surface area contributed by atoms with Crippen molar-refractivity contribution in [2.45, 2.75) is 65.1 Å². The van der Waals surface area contributed by atoms with Crippen molar-refractivity contribution in [3.05, 3.63) is 71.8 Å². The number of unbranched alkanes of at least 4 members (excludes halogenated alkanes) is 2. The molecule has 3 nitrogen and oxygen atoms in total. The first-order chi connectivity index (χ1) is 14.1. The molecule has 0 saturated carbocycles. The molecule has 3 heteroatoms. The zero-order chi connectivity index (χ0) is 20.9. The Balaban J connectivity index is 2.14. The molecule has 0 spiro atoms. The molecule has 0 radical (unpaired) electrons. The van der Waals surface area contributed by atoms with Crippen LogP contribution in [0.15, 0.2) is 60.7 Å². The molecule has 2 aromatic rings. The van der Waals surface area contributed by atoms with Crippen LogP contribution < -0.4 is 0 Å². The zero-order valence-corrected chi connectivity index (χ0v) is 18.1. The minimum absolute atomic E-state index is 0.211. The standard InChI is InChI=1S/C26H35NO2/c1-4-5-6-13-18-25(19-22(2)3)27(28)26(24-16-11-8-12-17-24)21-29-20-23-14-9-7-10-15-23/h7-12,14-17,22,25-26,28H,4-6,19-21H2,1-3H3/t25-,26+/m0/s1. The molecule has 0 aliphatic heterocycles. The summed E-state index contributed by atoms with van der Waals surface area (Å²) in [6.45, 7) is 7.42. The smallest absolute Gasteiger partial charge is 0.0966 e. The largest absolute Gasteiger partial charge is 0.375 e. The van der Waals surface area contributed by atoms with Crippen molar-refractivity contribution in [1.82, 2.24) is 5.06 Å². The van der Waals surface area contributed by atoms with Gasteiger partial charge in [-0.05, 0) is 29.9 Å². The van der Waals surface area contributed by atoms with Crippen LogP contribution in [0.2, 0.25) is 0 Å². The highest BCUT2D eigenvalue weighted by Gasteiger charge is 2.26. The summed E-state index contributed by atoms with van der Waals surface area (Å²) in [5, 5.41) is 12.6. The summed E-state index contributed by atoms with van der Waals surface area (Å²) in [6.07, 6.45) is 3.92. The normalized spacial score (nSPS) is 13.2. The molecule has 2 atom stereocenters. The lowest BCUT2D eigenvalue weighted by Gasteiger charge is -2.31. The topological polar surface area (TPSA) is 32.7 Å². The third-order valence-corrected chi connectivity index (χ3v) is 4.83. The Morgan fingerprint density at radius 2 is 1.66 bits per heavy atom. The van der Waals surface area contributed by atoms with E-state index in [9.17, 15) is 5.21 Å². The fraction of sp³-hybridized carbons (Fsp3) is 0.462. The minimum atomic E-state index is -0.260. The lowest BCUT2D eigenvalue weighted by Crippen LogP contribution is -2.38. The van der Waals surface area contributed by atoms with Gasteiger partial charge in [-0.15, -0.1) is 5.92 Å². The Hall–Kier alpha value is -2.12. The molecule has 0 aliphatic carbocycles. The third kappa shape index (κ3) is 8.41. The van der Waals surface area contributed by atoms with Crippen LogP contribution >= 0.6 is 0 Å². The first-order valence-electron chi connectivity index (χ1n) is 10.7. The summed E-state index contributed by atoms with van der Waals surface area (Å²) in [7, 11) is 0. The summed E-state index contributed by atoms with van der Waals surface area (Å²) in [6, 6.07) is 19.7. The van der Waals surface area contributed by atoms with E-state index in [1.165, 1.54) is 5.06 Å². The van der Waals surface area contributed by atoms with E-state index in [0.29, 0.717) is 19.1 Å². The van der Waals surface area contributed by atoms with Gasteiger partial charge in [-0.25, -0.2) is 0 Å². The van der Waals surface area contributed by atoms with Crippen molar-refractivity contribution in [1.29, 1.82) is 0 Å². The van der Waals surface area contributed by atoms with Gasteiger partial charge in [0.05, 0.1) is 25.3 Å². The van der Waals surface area contributed by atoms with Gasteiger partial charge in [0, 0.05) is 6.42 Å². The lowest BCUT2D eigenvalue weighted by molar-refractivity contribution is -0.166. The quantitative estimate of drug-likeness (QED) is 0.278. The van der Waals surface area contributed by atoms with E-state index in [2.05, 4.69) is 44.7 Å². The van der Waals surface area contributed by atoms with Crippen LogP contribution in [0.5, 0.6) is 0 Å². The van der Waals surface area contributed by atoms with Gasteiger partial charge in [-0.2, -0.15) is 5.06 Å². The number of benzene rings is 2. The first-order valence-corrected chi connectivity index (χ1v) is 10.7. The van der Waals surface area contributed by atoms with Crippen molar-refractivity contribution in [3.63, 3.8) is 0 Å². The van der Waals surface area contributed by atoms with E-state index in [1.54, 1.807) is 0 Å². The van der Waals surface area contributed by atoms with Gasteiger partial charge in [-0.3, -0.25) is 0 Å². The molecule has 0 aliphatic rings. The Bertz CT molecular complexity index is 734. The molecule has 0 unspecified atom stereocenters. The molecule has 2 aromatic carbocycles. The van der Waals surface area contributed by atoms with Gasteiger partial charge in [0.15, 0.2) is 0 Å². The SMILES string of the molecule is CCCCC#C[C@@H](CC(C)C)N(O)[C@H](COCc1ccccc1)c1ccccc1. The predicted molar refractivity (Wildman–Crippen MR) is 119 cm³/mol.